The maximum absolute atomic E-state index is 9.41. The molecule has 8 aromatic carbocycles. The Morgan fingerprint density at radius 2 is 1.25 bits per heavy atom. The second-order valence-corrected chi connectivity index (χ2v) is 19.7. The third-order valence-electron chi connectivity index (χ3n) is 13.4. The van der Waals surface area contributed by atoms with E-state index in [1.54, 1.807) is 0 Å². The van der Waals surface area contributed by atoms with Crippen LogP contribution in [0.5, 0.6) is 11.5 Å². The van der Waals surface area contributed by atoms with Crippen molar-refractivity contribution in [1.29, 1.82) is 0 Å². The third kappa shape index (κ3) is 7.61. The van der Waals surface area contributed by atoms with Gasteiger partial charge in [-0.3, -0.25) is 0 Å². The van der Waals surface area contributed by atoms with Crippen molar-refractivity contribution in [2.45, 2.75) is 58.8 Å². The number of aryl methyl sites for hydroxylation is 2. The van der Waals surface area contributed by atoms with Gasteiger partial charge in [0.05, 0.1) is 0 Å². The number of ether oxygens (including phenoxy) is 1. The Balaban J connectivity index is 1.02. The molecule has 0 radical (unpaired) electrons. The van der Waals surface area contributed by atoms with Gasteiger partial charge in [0.15, 0.2) is 0 Å². The number of para-hydroxylation sites is 3. The van der Waals surface area contributed by atoms with Crippen molar-refractivity contribution in [2.75, 3.05) is 0 Å². The summed E-state index contributed by atoms with van der Waals surface area (Å²) in [6.45, 7) is 8.77. The Bertz CT molecular complexity index is 4380. The summed E-state index contributed by atoms with van der Waals surface area (Å²) in [5.41, 5.74) is 11.1. The SMILES string of the molecule is [2H]c1c([2H])c([2H])c(-c2cc3c(c(-c4c([2H])c([2H])c([2H])c([2H])c4[2H])c2-n2[c](=[Pt])n(-c4cccc(Oc5ccc6c7ccccc7n(-c7cc(C)c(-c8ccc(C(C)(C)C)cc8)cn7)c6c5)c4)c4ccccc42)CCCC3)c([2H])c1[2H]. The van der Waals surface area contributed by atoms with Crippen LogP contribution in [0.4, 0.5) is 0 Å². The van der Waals surface area contributed by atoms with Crippen LogP contribution in [-0.4, -0.2) is 18.7 Å². The van der Waals surface area contributed by atoms with Crippen molar-refractivity contribution in [3.63, 3.8) is 0 Å². The van der Waals surface area contributed by atoms with Crippen LogP contribution in [0, 0.1) is 10.7 Å². The summed E-state index contributed by atoms with van der Waals surface area (Å²) in [4.78, 5) is 5.08. The predicted octanol–water partition coefficient (Wildman–Crippen LogP) is 16.3. The summed E-state index contributed by atoms with van der Waals surface area (Å²) in [6.07, 6.45) is 4.64. The summed E-state index contributed by atoms with van der Waals surface area (Å²) in [5.74, 6) is 1.93. The average Bonchev–Trinajstić information content (AvgIpc) is 4.01. The molecule has 0 N–H and O–H groups in total. The molecule has 3 heterocycles. The number of hydrogen-bond acceptors (Lipinski definition) is 2. The number of imidazole rings is 1. The standard InChI is InChI=1S/C63H52N4O.Pt/c1-42-36-60(64-40-55(42)44-30-32-47(33-31-44)63(2,3)4)67-56-27-14-13-26-52(56)53-35-34-50(39-59(53)67)68-49-24-17-23-48(38-49)65-41-66(58-29-16-15-28-57(58)65)62-54(43-18-7-5-8-19-43)37-46-22-11-12-25-51(46)61(62)45-20-9-6-10-21-45;/h5-10,13-21,23-24,26-40H,11-12,22,25H2,1-4H3;/i5D,6D,7D,8D,9D,10D,18D,19D,20D,21D;. The molecule has 12 rings (SSSR count). The van der Waals surface area contributed by atoms with Crippen molar-refractivity contribution < 1.29 is 37.8 Å². The third-order valence-corrected chi connectivity index (χ3v) is 14.4. The molecule has 0 saturated heterocycles. The summed E-state index contributed by atoms with van der Waals surface area (Å²) in [7, 11) is 0. The van der Waals surface area contributed by atoms with E-state index in [0.717, 1.165) is 73.8 Å². The summed E-state index contributed by atoms with van der Waals surface area (Å²) in [5, 5.41) is 2.13. The number of fused-ring (bicyclic) bond motifs is 5. The molecule has 1 aliphatic carbocycles. The minimum atomic E-state index is -0.539. The number of aromatic nitrogens is 4. The zero-order valence-corrected chi connectivity index (χ0v) is 40.8. The quantitative estimate of drug-likeness (QED) is 0.152. The van der Waals surface area contributed by atoms with Gasteiger partial charge in [-0.25, -0.2) is 0 Å². The van der Waals surface area contributed by atoms with Crippen LogP contribution >= 0.6 is 0 Å². The number of hydrogen-bond donors (Lipinski definition) is 0. The van der Waals surface area contributed by atoms with E-state index in [1.165, 1.54) is 5.56 Å². The Kier molecular flexibility index (Phi) is 8.34. The molecule has 0 atom stereocenters. The zero-order chi connectivity index (χ0) is 55.5. The monoisotopic (exact) mass is 1090 g/mol. The van der Waals surface area contributed by atoms with E-state index in [-0.39, 0.29) is 22.1 Å². The van der Waals surface area contributed by atoms with Crippen LogP contribution in [-0.2, 0) is 37.6 Å². The van der Waals surface area contributed by atoms with Gasteiger partial charge in [-0.1, -0.05) is 57.2 Å². The van der Waals surface area contributed by atoms with Gasteiger partial charge >= 0.3 is 332 Å². The van der Waals surface area contributed by atoms with Crippen LogP contribution in [0.3, 0.4) is 0 Å². The predicted molar refractivity (Wildman–Crippen MR) is 281 cm³/mol. The first-order valence-corrected chi connectivity index (χ1v) is 24.4. The molecule has 0 unspecified atom stereocenters. The van der Waals surface area contributed by atoms with Gasteiger partial charge in [-0.15, -0.1) is 0 Å². The second-order valence-electron chi connectivity index (χ2n) is 18.7. The molecule has 11 aromatic rings. The Morgan fingerprint density at radius 3 is 1.99 bits per heavy atom. The van der Waals surface area contributed by atoms with Gasteiger partial charge in [0.2, 0.25) is 0 Å². The van der Waals surface area contributed by atoms with Crippen molar-refractivity contribution >= 4 is 32.8 Å². The normalized spacial score (nSPS) is 14.8. The first kappa shape index (κ1) is 33.2. The molecule has 0 bridgehead atoms. The van der Waals surface area contributed by atoms with Gasteiger partial charge in [0, 0.05) is 11.8 Å². The molecule has 340 valence electrons. The van der Waals surface area contributed by atoms with E-state index in [1.807, 2.05) is 94.2 Å². The van der Waals surface area contributed by atoms with E-state index < -0.39 is 60.4 Å². The average molecular weight is 1090 g/mol. The molecule has 6 heteroatoms. The Labute approximate surface area is 428 Å². The fraction of sp³-hybridized carbons (Fsp3) is 0.143. The molecule has 0 saturated carbocycles. The number of nitrogens with zero attached hydrogens (tertiary/aromatic N) is 4. The topological polar surface area (TPSA) is 36.9 Å². The molecule has 0 spiro atoms. The Hall–Kier alpha value is -7.33. The molecule has 0 fully saturated rings. The van der Waals surface area contributed by atoms with Crippen molar-refractivity contribution in [3.05, 3.63) is 220 Å². The maximum atomic E-state index is 9.41. The van der Waals surface area contributed by atoms with Crippen LogP contribution < -0.4 is 4.74 Å². The molecular weight excluding hydrogens is 1020 g/mol. The van der Waals surface area contributed by atoms with Gasteiger partial charge < -0.3 is 0 Å². The molecule has 0 amide bonds. The van der Waals surface area contributed by atoms with Gasteiger partial charge in [0.25, 0.3) is 0 Å². The van der Waals surface area contributed by atoms with E-state index in [0.29, 0.717) is 50.6 Å². The van der Waals surface area contributed by atoms with Crippen LogP contribution in [0.2, 0.25) is 0 Å². The van der Waals surface area contributed by atoms with Crippen LogP contribution in [0.1, 0.15) is 69.6 Å². The van der Waals surface area contributed by atoms with Crippen molar-refractivity contribution in [2.24, 2.45) is 0 Å². The number of benzene rings is 8. The van der Waals surface area contributed by atoms with Crippen LogP contribution in [0.15, 0.2) is 194 Å². The van der Waals surface area contributed by atoms with Crippen LogP contribution in [0.25, 0.3) is 83.4 Å². The summed E-state index contributed by atoms with van der Waals surface area (Å²) in [6, 6.07) is 37.8. The van der Waals surface area contributed by atoms with Gasteiger partial charge in [-0.2, -0.15) is 0 Å². The van der Waals surface area contributed by atoms with Gasteiger partial charge in [-0.05, 0) is 29.0 Å². The van der Waals surface area contributed by atoms with E-state index in [2.05, 4.69) is 100 Å². The molecule has 1 aliphatic rings. The first-order chi connectivity index (χ1) is 37.8. The first-order valence-electron chi connectivity index (χ1n) is 28.2. The summed E-state index contributed by atoms with van der Waals surface area (Å²) < 4.78 is 103. The minimum absolute atomic E-state index is 0.0231. The van der Waals surface area contributed by atoms with E-state index in [9.17, 15) is 5.48 Å². The molecule has 3 aromatic heterocycles. The Morgan fingerprint density at radius 1 is 0.580 bits per heavy atom. The number of rotatable bonds is 8. The van der Waals surface area contributed by atoms with Crippen molar-refractivity contribution in [1.82, 2.24) is 18.7 Å². The molecule has 0 aliphatic heterocycles. The fourth-order valence-electron chi connectivity index (χ4n) is 10.1. The van der Waals surface area contributed by atoms with Crippen molar-refractivity contribution in [3.8, 4) is 62.1 Å². The van der Waals surface area contributed by atoms with E-state index in [4.69, 9.17) is 17.9 Å². The molecular formula is C63H52N4OPt. The van der Waals surface area contributed by atoms with E-state index >= 15 is 0 Å². The molecule has 69 heavy (non-hydrogen) atoms. The number of pyridine rings is 1. The fourth-order valence-corrected chi connectivity index (χ4v) is 11.2. The zero-order valence-electron chi connectivity index (χ0n) is 48.5. The van der Waals surface area contributed by atoms with Gasteiger partial charge in [0.1, 0.15) is 0 Å². The second kappa shape index (κ2) is 17.3. The summed E-state index contributed by atoms with van der Waals surface area (Å²) >= 11 is 2.23. The molecule has 5 nitrogen and oxygen atoms in total.